The molecule has 0 unspecified atom stereocenters. The number of nitrogens with one attached hydrogen (secondary N) is 2. The van der Waals surface area contributed by atoms with Crippen LogP contribution in [0.15, 0.2) is 29.6 Å². The van der Waals surface area contributed by atoms with Crippen molar-refractivity contribution in [2.75, 3.05) is 18.4 Å². The fourth-order valence-electron chi connectivity index (χ4n) is 3.48. The van der Waals surface area contributed by atoms with E-state index in [1.54, 1.807) is 35.6 Å². The Kier molecular flexibility index (Phi) is 7.26. The van der Waals surface area contributed by atoms with Crippen molar-refractivity contribution in [1.82, 2.24) is 15.2 Å². The Morgan fingerprint density at radius 1 is 1.20 bits per heavy atom. The van der Waals surface area contributed by atoms with Crippen molar-refractivity contribution in [3.63, 3.8) is 0 Å². The summed E-state index contributed by atoms with van der Waals surface area (Å²) < 4.78 is 0. The van der Waals surface area contributed by atoms with Gasteiger partial charge in [-0.3, -0.25) is 14.5 Å². The predicted octanol–water partition coefficient (Wildman–Crippen LogP) is 4.22. The molecule has 1 aromatic heterocycles. The van der Waals surface area contributed by atoms with E-state index in [2.05, 4.69) is 25.9 Å². The lowest BCUT2D eigenvalue weighted by molar-refractivity contribution is -0.121. The van der Waals surface area contributed by atoms with E-state index in [0.717, 1.165) is 55.3 Å². The van der Waals surface area contributed by atoms with E-state index < -0.39 is 0 Å². The number of carbonyl (C=O) groups excluding carboxylic acids is 2. The third-order valence-corrected chi connectivity index (χ3v) is 6.58. The smallest absolute Gasteiger partial charge is 0.251 e. The van der Waals surface area contributed by atoms with Crippen LogP contribution in [-0.2, 0) is 11.3 Å². The second-order valence-electron chi connectivity index (χ2n) is 8.67. The quantitative estimate of drug-likeness (QED) is 0.692. The average molecular weight is 429 g/mol. The molecule has 6 nitrogen and oxygen atoms in total. The van der Waals surface area contributed by atoms with Gasteiger partial charge in [-0.1, -0.05) is 6.92 Å². The molecule has 3 rings (SSSR count). The molecule has 7 heteroatoms. The van der Waals surface area contributed by atoms with Crippen LogP contribution in [0.4, 0.5) is 5.69 Å². The molecule has 1 aromatic carbocycles. The average Bonchev–Trinajstić information content (AvgIpc) is 3.13. The van der Waals surface area contributed by atoms with E-state index in [1.807, 2.05) is 27.7 Å². The van der Waals surface area contributed by atoms with Crippen LogP contribution in [0.25, 0.3) is 0 Å². The Bertz CT molecular complexity index is 868. The maximum atomic E-state index is 12.7. The van der Waals surface area contributed by atoms with Gasteiger partial charge in [-0.25, -0.2) is 4.98 Å². The van der Waals surface area contributed by atoms with E-state index in [9.17, 15) is 9.59 Å². The zero-order valence-corrected chi connectivity index (χ0v) is 19.1. The molecular weight excluding hydrogens is 396 g/mol. The lowest BCUT2D eigenvalue weighted by Gasteiger charge is -2.30. The molecule has 0 bridgehead atoms. The van der Waals surface area contributed by atoms with E-state index in [1.165, 1.54) is 0 Å². The van der Waals surface area contributed by atoms with Crippen LogP contribution in [0.1, 0.15) is 61.1 Å². The highest BCUT2D eigenvalue weighted by molar-refractivity contribution is 7.09. The van der Waals surface area contributed by atoms with E-state index in [4.69, 9.17) is 0 Å². The summed E-state index contributed by atoms with van der Waals surface area (Å²) in [6.45, 7) is 10.7. The summed E-state index contributed by atoms with van der Waals surface area (Å²) in [6.07, 6.45) is 2.55. The minimum absolute atomic E-state index is 0.0201. The summed E-state index contributed by atoms with van der Waals surface area (Å²) in [5.74, 6) is -0.0161. The molecule has 1 aliphatic rings. The number of carbonyl (C=O) groups is 2. The van der Waals surface area contributed by atoms with Gasteiger partial charge in [-0.05, 0) is 77.4 Å². The number of thiazole rings is 1. The highest BCUT2D eigenvalue weighted by Gasteiger charge is 2.25. The first-order chi connectivity index (χ1) is 14.3. The molecule has 1 fully saturated rings. The van der Waals surface area contributed by atoms with Crippen LogP contribution in [-0.4, -0.2) is 40.3 Å². The molecule has 0 spiro atoms. The van der Waals surface area contributed by atoms with Gasteiger partial charge in [0.25, 0.3) is 5.91 Å². The molecule has 2 heterocycles. The molecule has 1 aliphatic heterocycles. The van der Waals surface area contributed by atoms with Gasteiger partial charge in [-0.2, -0.15) is 0 Å². The molecule has 0 saturated carbocycles. The van der Waals surface area contributed by atoms with E-state index in [-0.39, 0.29) is 23.3 Å². The van der Waals surface area contributed by atoms with E-state index >= 15 is 0 Å². The Labute approximate surface area is 183 Å². The minimum atomic E-state index is -0.239. The molecule has 0 aliphatic carbocycles. The summed E-state index contributed by atoms with van der Waals surface area (Å²) >= 11 is 1.68. The van der Waals surface area contributed by atoms with Crippen LogP contribution in [0, 0.1) is 12.8 Å². The number of rotatable bonds is 7. The lowest BCUT2D eigenvalue weighted by Crippen LogP contribution is -2.42. The van der Waals surface area contributed by atoms with Gasteiger partial charge in [0.1, 0.15) is 0 Å². The van der Waals surface area contributed by atoms with Gasteiger partial charge in [0, 0.05) is 34.6 Å². The Morgan fingerprint density at radius 3 is 2.43 bits per heavy atom. The SMILES string of the molecule is CCC(C)(C)NC(=O)c1ccc(NC(=O)C2CCN(Cc3csc(C)n3)CC2)cc1. The summed E-state index contributed by atoms with van der Waals surface area (Å²) in [6, 6.07) is 7.11. The first-order valence-electron chi connectivity index (χ1n) is 10.6. The lowest BCUT2D eigenvalue weighted by atomic mass is 9.95. The molecule has 0 atom stereocenters. The normalized spacial score (nSPS) is 15.7. The van der Waals surface area contributed by atoms with Gasteiger partial charge in [0.2, 0.25) is 5.91 Å². The highest BCUT2D eigenvalue weighted by Crippen LogP contribution is 2.22. The van der Waals surface area contributed by atoms with Gasteiger partial charge < -0.3 is 10.6 Å². The standard InChI is InChI=1S/C23H32N4O2S/c1-5-23(3,4)26-22(29)17-6-8-19(9-7-17)25-21(28)18-10-12-27(13-11-18)14-20-15-30-16(2)24-20/h6-9,15,18H,5,10-14H2,1-4H3,(H,25,28)(H,26,29). The molecule has 0 radical (unpaired) electrons. The van der Waals surface area contributed by atoms with Crippen molar-refractivity contribution in [3.8, 4) is 0 Å². The van der Waals surface area contributed by atoms with Crippen LogP contribution in [0.3, 0.4) is 0 Å². The maximum Gasteiger partial charge on any atom is 0.251 e. The number of piperidine rings is 1. The minimum Gasteiger partial charge on any atom is -0.347 e. The summed E-state index contributed by atoms with van der Waals surface area (Å²) in [4.78, 5) is 31.9. The maximum absolute atomic E-state index is 12.7. The number of likely N-dealkylation sites (tertiary alicyclic amines) is 1. The number of amides is 2. The topological polar surface area (TPSA) is 74.3 Å². The summed E-state index contributed by atoms with van der Waals surface area (Å²) in [5, 5.41) is 9.23. The van der Waals surface area contributed by atoms with Crippen molar-refractivity contribution in [2.45, 2.75) is 59.0 Å². The van der Waals surface area contributed by atoms with Gasteiger partial charge >= 0.3 is 0 Å². The van der Waals surface area contributed by atoms with Crippen molar-refractivity contribution in [1.29, 1.82) is 0 Å². The van der Waals surface area contributed by atoms with Crippen LogP contribution < -0.4 is 10.6 Å². The third-order valence-electron chi connectivity index (χ3n) is 5.76. The molecular formula is C23H32N4O2S. The fourth-order valence-corrected chi connectivity index (χ4v) is 4.08. The predicted molar refractivity (Wildman–Crippen MR) is 122 cm³/mol. The molecule has 2 amide bonds. The van der Waals surface area contributed by atoms with Gasteiger partial charge in [-0.15, -0.1) is 11.3 Å². The number of aromatic nitrogens is 1. The van der Waals surface area contributed by atoms with Crippen LogP contribution in [0.5, 0.6) is 0 Å². The number of aryl methyl sites for hydroxylation is 1. The van der Waals surface area contributed by atoms with Crippen molar-refractivity contribution < 1.29 is 9.59 Å². The zero-order chi connectivity index (χ0) is 21.7. The Balaban J connectivity index is 1.47. The van der Waals surface area contributed by atoms with E-state index in [0.29, 0.717) is 5.56 Å². The van der Waals surface area contributed by atoms with Gasteiger partial charge in [0.15, 0.2) is 0 Å². The van der Waals surface area contributed by atoms with Gasteiger partial charge in [0.05, 0.1) is 10.7 Å². The first-order valence-corrected chi connectivity index (χ1v) is 11.5. The number of hydrogen-bond acceptors (Lipinski definition) is 5. The fraction of sp³-hybridized carbons (Fsp3) is 0.522. The van der Waals surface area contributed by atoms with Crippen LogP contribution >= 0.6 is 11.3 Å². The second kappa shape index (κ2) is 9.71. The third kappa shape index (κ3) is 6.12. The van der Waals surface area contributed by atoms with Crippen molar-refractivity contribution >= 4 is 28.8 Å². The monoisotopic (exact) mass is 428 g/mol. The number of benzene rings is 1. The zero-order valence-electron chi connectivity index (χ0n) is 18.3. The molecule has 1 saturated heterocycles. The largest absolute Gasteiger partial charge is 0.347 e. The van der Waals surface area contributed by atoms with Crippen molar-refractivity contribution in [3.05, 3.63) is 45.9 Å². The number of anilines is 1. The first kappa shape index (κ1) is 22.4. The van der Waals surface area contributed by atoms with Crippen molar-refractivity contribution in [2.24, 2.45) is 5.92 Å². The number of hydrogen-bond donors (Lipinski definition) is 2. The number of nitrogens with zero attached hydrogens (tertiary/aromatic N) is 2. The molecule has 30 heavy (non-hydrogen) atoms. The second-order valence-corrected chi connectivity index (χ2v) is 9.73. The summed E-state index contributed by atoms with van der Waals surface area (Å²) in [5.41, 5.74) is 2.20. The molecule has 2 aromatic rings. The van der Waals surface area contributed by atoms with Crippen LogP contribution in [0.2, 0.25) is 0 Å². The summed E-state index contributed by atoms with van der Waals surface area (Å²) in [7, 11) is 0. The Hall–Kier alpha value is -2.25. The highest BCUT2D eigenvalue weighted by atomic mass is 32.1. The molecule has 2 N–H and O–H groups in total. The molecule has 162 valence electrons. The Morgan fingerprint density at radius 2 is 1.87 bits per heavy atom.